The standard InChI is InChI=1S/C8H5BrF3NO2/c9-5-2-1-4(3-6(5)14)13-7(15)8(10,11)12/h1-3,14H,(H,13,15). The maximum atomic E-state index is 11.8. The van der Waals surface area contributed by atoms with E-state index in [1.165, 1.54) is 12.1 Å². The van der Waals surface area contributed by atoms with Crippen LogP contribution >= 0.6 is 15.9 Å². The number of nitrogens with one attached hydrogen (secondary N) is 1. The highest BCUT2D eigenvalue weighted by Gasteiger charge is 2.38. The van der Waals surface area contributed by atoms with Crippen molar-refractivity contribution < 1.29 is 23.1 Å². The van der Waals surface area contributed by atoms with E-state index in [4.69, 9.17) is 5.11 Å². The molecule has 3 nitrogen and oxygen atoms in total. The lowest BCUT2D eigenvalue weighted by molar-refractivity contribution is -0.167. The summed E-state index contributed by atoms with van der Waals surface area (Å²) >= 11 is 2.95. The number of alkyl halides is 3. The van der Waals surface area contributed by atoms with Crippen LogP contribution in [0.25, 0.3) is 0 Å². The molecule has 0 spiro atoms. The van der Waals surface area contributed by atoms with E-state index in [-0.39, 0.29) is 11.4 Å². The normalized spacial score (nSPS) is 11.2. The van der Waals surface area contributed by atoms with E-state index in [2.05, 4.69) is 15.9 Å². The minimum absolute atomic E-state index is 0.127. The number of halogens is 4. The number of hydrogen-bond donors (Lipinski definition) is 2. The van der Waals surface area contributed by atoms with Crippen LogP contribution in [0.15, 0.2) is 22.7 Å². The van der Waals surface area contributed by atoms with Crippen LogP contribution in [-0.4, -0.2) is 17.2 Å². The number of benzene rings is 1. The van der Waals surface area contributed by atoms with Crippen molar-refractivity contribution in [3.8, 4) is 5.75 Å². The first kappa shape index (κ1) is 11.8. The number of hydrogen-bond acceptors (Lipinski definition) is 2. The number of rotatable bonds is 1. The third-order valence-electron chi connectivity index (χ3n) is 1.46. The number of phenols is 1. The SMILES string of the molecule is O=C(Nc1ccc(Br)c(O)c1)C(F)(F)F. The highest BCUT2D eigenvalue weighted by atomic mass is 79.9. The molecule has 0 aromatic heterocycles. The van der Waals surface area contributed by atoms with Gasteiger partial charge in [0.25, 0.3) is 0 Å². The zero-order chi connectivity index (χ0) is 11.6. The van der Waals surface area contributed by atoms with E-state index in [1.54, 1.807) is 5.32 Å². The Bertz CT molecular complexity index is 392. The van der Waals surface area contributed by atoms with E-state index in [9.17, 15) is 18.0 Å². The molecular formula is C8H5BrF3NO2. The third kappa shape index (κ3) is 3.12. The van der Waals surface area contributed by atoms with E-state index in [0.29, 0.717) is 4.47 Å². The van der Waals surface area contributed by atoms with Crippen LogP contribution in [0.2, 0.25) is 0 Å². The average molecular weight is 284 g/mol. The minimum Gasteiger partial charge on any atom is -0.507 e. The first-order chi connectivity index (χ1) is 6.80. The van der Waals surface area contributed by atoms with Crippen LogP contribution in [0.1, 0.15) is 0 Å². The molecule has 0 fully saturated rings. The van der Waals surface area contributed by atoms with Crippen molar-refractivity contribution in [2.24, 2.45) is 0 Å². The van der Waals surface area contributed by atoms with E-state index in [1.807, 2.05) is 0 Å². The average Bonchev–Trinajstić information content (AvgIpc) is 2.10. The van der Waals surface area contributed by atoms with Gasteiger partial charge < -0.3 is 10.4 Å². The highest BCUT2D eigenvalue weighted by Crippen LogP contribution is 2.27. The molecule has 0 saturated heterocycles. The van der Waals surface area contributed by atoms with Gasteiger partial charge in [-0.3, -0.25) is 4.79 Å². The largest absolute Gasteiger partial charge is 0.507 e. The molecule has 0 saturated carbocycles. The molecule has 7 heteroatoms. The molecule has 0 unspecified atom stereocenters. The van der Waals surface area contributed by atoms with Gasteiger partial charge in [0.15, 0.2) is 0 Å². The van der Waals surface area contributed by atoms with Crippen LogP contribution < -0.4 is 5.32 Å². The Morgan fingerprint density at radius 2 is 2.00 bits per heavy atom. The molecule has 0 atom stereocenters. The Labute approximate surface area is 91.0 Å². The third-order valence-corrected chi connectivity index (χ3v) is 2.13. The molecule has 0 radical (unpaired) electrons. The van der Waals surface area contributed by atoms with Gasteiger partial charge in [0.1, 0.15) is 5.75 Å². The van der Waals surface area contributed by atoms with Crippen molar-refractivity contribution in [1.82, 2.24) is 0 Å². The molecule has 0 heterocycles. The molecule has 0 aliphatic carbocycles. The Balaban J connectivity index is 2.83. The Kier molecular flexibility index (Phi) is 3.23. The predicted molar refractivity (Wildman–Crippen MR) is 50.5 cm³/mol. The maximum Gasteiger partial charge on any atom is 0.471 e. The number of aromatic hydroxyl groups is 1. The van der Waals surface area contributed by atoms with Crippen molar-refractivity contribution in [3.63, 3.8) is 0 Å². The summed E-state index contributed by atoms with van der Waals surface area (Å²) in [5.41, 5.74) is -0.127. The zero-order valence-corrected chi connectivity index (χ0v) is 8.69. The van der Waals surface area contributed by atoms with Crippen molar-refractivity contribution >= 4 is 27.5 Å². The van der Waals surface area contributed by atoms with E-state index >= 15 is 0 Å². The fourth-order valence-electron chi connectivity index (χ4n) is 0.792. The quantitative estimate of drug-likeness (QED) is 0.833. The number of phenolic OH excluding ortho intramolecular Hbond substituents is 1. The van der Waals surface area contributed by atoms with Gasteiger partial charge in [0, 0.05) is 11.8 Å². The number of amides is 1. The van der Waals surface area contributed by atoms with Crippen LogP contribution in [0, 0.1) is 0 Å². The fraction of sp³-hybridized carbons (Fsp3) is 0.125. The summed E-state index contributed by atoms with van der Waals surface area (Å²) in [4.78, 5) is 10.5. The van der Waals surface area contributed by atoms with Crippen molar-refractivity contribution in [2.75, 3.05) is 5.32 Å². The smallest absolute Gasteiger partial charge is 0.471 e. The first-order valence-electron chi connectivity index (χ1n) is 3.67. The summed E-state index contributed by atoms with van der Waals surface area (Å²) < 4.78 is 35.8. The molecule has 0 aliphatic heterocycles. The summed E-state index contributed by atoms with van der Waals surface area (Å²) in [5.74, 6) is -2.33. The monoisotopic (exact) mass is 283 g/mol. The molecule has 15 heavy (non-hydrogen) atoms. The van der Waals surface area contributed by atoms with Crippen LogP contribution in [0.4, 0.5) is 18.9 Å². The van der Waals surface area contributed by atoms with Gasteiger partial charge in [-0.05, 0) is 28.1 Å². The summed E-state index contributed by atoms with van der Waals surface area (Å²) in [6.45, 7) is 0. The molecule has 1 aromatic carbocycles. The molecule has 0 bridgehead atoms. The molecule has 1 aromatic rings. The molecule has 1 rings (SSSR count). The first-order valence-corrected chi connectivity index (χ1v) is 4.46. The topological polar surface area (TPSA) is 49.3 Å². The van der Waals surface area contributed by atoms with E-state index in [0.717, 1.165) is 6.07 Å². The Morgan fingerprint density at radius 3 is 2.47 bits per heavy atom. The summed E-state index contributed by atoms with van der Waals surface area (Å²) in [6.07, 6.45) is -4.94. The second-order valence-corrected chi connectivity index (χ2v) is 3.47. The maximum absolute atomic E-state index is 11.8. The Hall–Kier alpha value is -1.24. The fourth-order valence-corrected chi connectivity index (χ4v) is 1.04. The molecule has 1 amide bonds. The van der Waals surface area contributed by atoms with Gasteiger partial charge in [-0.25, -0.2) is 0 Å². The summed E-state index contributed by atoms with van der Waals surface area (Å²) in [5, 5.41) is 10.7. The zero-order valence-electron chi connectivity index (χ0n) is 7.10. The van der Waals surface area contributed by atoms with Gasteiger partial charge in [-0.15, -0.1) is 0 Å². The number of carbonyl (C=O) groups excluding carboxylic acids is 1. The number of anilines is 1. The summed E-state index contributed by atoms with van der Waals surface area (Å²) in [7, 11) is 0. The Morgan fingerprint density at radius 1 is 1.40 bits per heavy atom. The lowest BCUT2D eigenvalue weighted by Crippen LogP contribution is -2.29. The van der Waals surface area contributed by atoms with Gasteiger partial charge in [0.05, 0.1) is 4.47 Å². The molecule has 0 aliphatic rings. The minimum atomic E-state index is -4.94. The van der Waals surface area contributed by atoms with Gasteiger partial charge in [0.2, 0.25) is 0 Å². The van der Waals surface area contributed by atoms with Crippen molar-refractivity contribution in [3.05, 3.63) is 22.7 Å². The van der Waals surface area contributed by atoms with Crippen LogP contribution in [0.5, 0.6) is 5.75 Å². The second kappa shape index (κ2) is 4.09. The van der Waals surface area contributed by atoms with Crippen LogP contribution in [-0.2, 0) is 4.79 Å². The molecule has 2 N–H and O–H groups in total. The number of carbonyl (C=O) groups is 1. The highest BCUT2D eigenvalue weighted by molar-refractivity contribution is 9.10. The summed E-state index contributed by atoms with van der Waals surface area (Å²) in [6, 6.07) is 3.56. The predicted octanol–water partition coefficient (Wildman–Crippen LogP) is 2.66. The lowest BCUT2D eigenvalue weighted by Gasteiger charge is -2.08. The lowest BCUT2D eigenvalue weighted by atomic mass is 10.3. The van der Waals surface area contributed by atoms with Crippen LogP contribution in [0.3, 0.4) is 0 Å². The van der Waals surface area contributed by atoms with Crippen molar-refractivity contribution in [2.45, 2.75) is 6.18 Å². The van der Waals surface area contributed by atoms with Crippen molar-refractivity contribution in [1.29, 1.82) is 0 Å². The second-order valence-electron chi connectivity index (χ2n) is 2.62. The van der Waals surface area contributed by atoms with E-state index < -0.39 is 12.1 Å². The van der Waals surface area contributed by atoms with Gasteiger partial charge >= 0.3 is 12.1 Å². The molecule has 82 valence electrons. The molecular weight excluding hydrogens is 279 g/mol. The van der Waals surface area contributed by atoms with Gasteiger partial charge in [-0.1, -0.05) is 0 Å². The van der Waals surface area contributed by atoms with Gasteiger partial charge in [-0.2, -0.15) is 13.2 Å².